The Balaban J connectivity index is 1.84. The van der Waals surface area contributed by atoms with Crippen molar-refractivity contribution in [2.24, 2.45) is 4.99 Å². The van der Waals surface area contributed by atoms with Gasteiger partial charge in [0.05, 0.1) is 27.8 Å². The van der Waals surface area contributed by atoms with Gasteiger partial charge in [0.2, 0.25) is 5.43 Å². The lowest BCUT2D eigenvalue weighted by Gasteiger charge is -2.03. The molecule has 0 aliphatic rings. The lowest BCUT2D eigenvalue weighted by molar-refractivity contribution is 0.0526. The average molecular weight is 434 g/mol. The SMILES string of the molecule is C=CCn1c(=NC(=O)c2coc3ccccc3c2=O)sc2cc(C(=O)OCC)ccc21. The number of thiazole rings is 1. The first kappa shape index (κ1) is 20.5. The Bertz CT molecular complexity index is 1460. The molecule has 0 aliphatic heterocycles. The van der Waals surface area contributed by atoms with Gasteiger partial charge >= 0.3 is 5.97 Å². The fourth-order valence-corrected chi connectivity index (χ4v) is 4.26. The van der Waals surface area contributed by atoms with Crippen molar-refractivity contribution in [1.82, 2.24) is 4.57 Å². The van der Waals surface area contributed by atoms with Crippen LogP contribution in [0.3, 0.4) is 0 Å². The second-order valence-corrected chi connectivity index (χ2v) is 7.59. The van der Waals surface area contributed by atoms with Crippen LogP contribution >= 0.6 is 11.3 Å². The maximum Gasteiger partial charge on any atom is 0.338 e. The Kier molecular flexibility index (Phi) is 5.64. The summed E-state index contributed by atoms with van der Waals surface area (Å²) >= 11 is 1.23. The Hall–Kier alpha value is -3.78. The molecule has 0 spiro atoms. The van der Waals surface area contributed by atoms with Crippen molar-refractivity contribution in [3.05, 3.63) is 87.5 Å². The number of hydrogen-bond acceptors (Lipinski definition) is 6. The van der Waals surface area contributed by atoms with Gasteiger partial charge in [-0.15, -0.1) is 6.58 Å². The summed E-state index contributed by atoms with van der Waals surface area (Å²) in [5.74, 6) is -1.12. The van der Waals surface area contributed by atoms with E-state index in [-0.39, 0.29) is 12.2 Å². The summed E-state index contributed by atoms with van der Waals surface area (Å²) in [5.41, 5.74) is 1.02. The van der Waals surface area contributed by atoms with Gasteiger partial charge in [0.15, 0.2) is 4.80 Å². The van der Waals surface area contributed by atoms with Gasteiger partial charge in [-0.25, -0.2) is 4.79 Å². The first-order valence-electron chi connectivity index (χ1n) is 9.54. The molecule has 2 aromatic carbocycles. The summed E-state index contributed by atoms with van der Waals surface area (Å²) in [5, 5.41) is 0.318. The number of esters is 1. The van der Waals surface area contributed by atoms with Crippen LogP contribution in [0.2, 0.25) is 0 Å². The minimum atomic E-state index is -0.700. The second-order valence-electron chi connectivity index (χ2n) is 6.58. The van der Waals surface area contributed by atoms with Gasteiger partial charge in [0, 0.05) is 6.54 Å². The van der Waals surface area contributed by atoms with E-state index in [9.17, 15) is 14.4 Å². The fraction of sp³-hybridized carbons (Fsp3) is 0.130. The summed E-state index contributed by atoms with van der Waals surface area (Å²) in [6.45, 7) is 6.18. The van der Waals surface area contributed by atoms with Gasteiger partial charge < -0.3 is 13.7 Å². The number of fused-ring (bicyclic) bond motifs is 2. The van der Waals surface area contributed by atoms with E-state index in [1.807, 2.05) is 0 Å². The highest BCUT2D eigenvalue weighted by Gasteiger charge is 2.16. The summed E-state index contributed by atoms with van der Waals surface area (Å²) in [6, 6.07) is 11.9. The normalized spacial score (nSPS) is 11.7. The number of carbonyl (C=O) groups excluding carboxylic acids is 2. The number of ether oxygens (including phenoxy) is 1. The lowest BCUT2D eigenvalue weighted by Crippen LogP contribution is -2.19. The first-order chi connectivity index (χ1) is 15.0. The molecular formula is C23H18N2O5S. The molecule has 31 heavy (non-hydrogen) atoms. The Morgan fingerprint density at radius 3 is 2.84 bits per heavy atom. The second kappa shape index (κ2) is 8.53. The maximum atomic E-state index is 12.8. The fourth-order valence-electron chi connectivity index (χ4n) is 3.18. The van der Waals surface area contributed by atoms with E-state index in [1.54, 1.807) is 60.0 Å². The summed E-state index contributed by atoms with van der Waals surface area (Å²) in [6.07, 6.45) is 2.82. The lowest BCUT2D eigenvalue weighted by atomic mass is 10.1. The predicted octanol–water partition coefficient (Wildman–Crippen LogP) is 3.91. The van der Waals surface area contributed by atoms with Crippen molar-refractivity contribution >= 4 is 44.4 Å². The molecule has 0 saturated heterocycles. The van der Waals surface area contributed by atoms with Crippen LogP contribution in [-0.2, 0) is 11.3 Å². The molecule has 0 saturated carbocycles. The van der Waals surface area contributed by atoms with Gasteiger partial charge in [-0.1, -0.05) is 29.5 Å². The van der Waals surface area contributed by atoms with Crippen LogP contribution in [0.4, 0.5) is 0 Å². The van der Waals surface area contributed by atoms with E-state index >= 15 is 0 Å². The van der Waals surface area contributed by atoms with Crippen LogP contribution in [0.1, 0.15) is 27.6 Å². The number of carbonyl (C=O) groups is 2. The molecule has 4 aromatic rings. The summed E-state index contributed by atoms with van der Waals surface area (Å²) < 4.78 is 13.0. The highest BCUT2D eigenvalue weighted by atomic mass is 32.1. The molecule has 0 atom stereocenters. The highest BCUT2D eigenvalue weighted by molar-refractivity contribution is 7.16. The van der Waals surface area contributed by atoms with Gasteiger partial charge in [0.25, 0.3) is 5.91 Å². The van der Waals surface area contributed by atoms with Crippen molar-refractivity contribution in [2.45, 2.75) is 13.5 Å². The molecule has 0 radical (unpaired) electrons. The minimum Gasteiger partial charge on any atom is -0.463 e. The van der Waals surface area contributed by atoms with E-state index in [0.717, 1.165) is 16.5 Å². The first-order valence-corrected chi connectivity index (χ1v) is 10.4. The molecule has 4 rings (SSSR count). The Morgan fingerprint density at radius 1 is 1.26 bits per heavy atom. The summed E-state index contributed by atoms with van der Waals surface area (Å²) in [7, 11) is 0. The number of amides is 1. The van der Waals surface area contributed by atoms with E-state index in [0.29, 0.717) is 27.9 Å². The third kappa shape index (κ3) is 3.85. The topological polar surface area (TPSA) is 90.9 Å². The zero-order valence-corrected chi connectivity index (χ0v) is 17.5. The van der Waals surface area contributed by atoms with Crippen molar-refractivity contribution in [2.75, 3.05) is 6.61 Å². The number of aromatic nitrogens is 1. The molecule has 0 aliphatic carbocycles. The molecule has 0 unspecified atom stereocenters. The number of benzene rings is 2. The molecule has 8 heteroatoms. The van der Waals surface area contributed by atoms with Crippen molar-refractivity contribution in [3.8, 4) is 0 Å². The van der Waals surface area contributed by atoms with Crippen LogP contribution in [0.15, 0.2) is 75.6 Å². The number of hydrogen-bond donors (Lipinski definition) is 0. The molecule has 2 aromatic heterocycles. The molecule has 0 fully saturated rings. The van der Waals surface area contributed by atoms with Crippen LogP contribution in [0, 0.1) is 0 Å². The largest absolute Gasteiger partial charge is 0.463 e. The molecule has 1 amide bonds. The number of rotatable bonds is 5. The summed E-state index contributed by atoms with van der Waals surface area (Å²) in [4.78, 5) is 42.2. The van der Waals surface area contributed by atoms with Crippen molar-refractivity contribution in [1.29, 1.82) is 0 Å². The molecule has 0 N–H and O–H groups in total. The molecule has 0 bridgehead atoms. The van der Waals surface area contributed by atoms with Gasteiger partial charge in [-0.3, -0.25) is 9.59 Å². The Labute approximate surface area is 180 Å². The van der Waals surface area contributed by atoms with Gasteiger partial charge in [-0.2, -0.15) is 4.99 Å². The van der Waals surface area contributed by atoms with Crippen LogP contribution < -0.4 is 10.2 Å². The molecular weight excluding hydrogens is 416 g/mol. The minimum absolute atomic E-state index is 0.145. The van der Waals surface area contributed by atoms with Gasteiger partial charge in [0.1, 0.15) is 17.4 Å². The van der Waals surface area contributed by atoms with Crippen LogP contribution in [-0.4, -0.2) is 23.1 Å². The third-order valence-corrected chi connectivity index (χ3v) is 5.65. The zero-order chi connectivity index (χ0) is 22.0. The molecule has 2 heterocycles. The monoisotopic (exact) mass is 434 g/mol. The average Bonchev–Trinajstić information content (AvgIpc) is 3.10. The van der Waals surface area contributed by atoms with Gasteiger partial charge in [-0.05, 0) is 37.3 Å². The van der Waals surface area contributed by atoms with Crippen LogP contribution in [0.25, 0.3) is 21.2 Å². The van der Waals surface area contributed by atoms with E-state index in [4.69, 9.17) is 9.15 Å². The van der Waals surface area contributed by atoms with Crippen molar-refractivity contribution in [3.63, 3.8) is 0 Å². The Morgan fingerprint density at radius 2 is 2.06 bits per heavy atom. The highest BCUT2D eigenvalue weighted by Crippen LogP contribution is 2.20. The molecule has 156 valence electrons. The van der Waals surface area contributed by atoms with E-state index < -0.39 is 17.3 Å². The van der Waals surface area contributed by atoms with Crippen molar-refractivity contribution < 1.29 is 18.7 Å². The third-order valence-electron chi connectivity index (χ3n) is 4.61. The molecule has 7 nitrogen and oxygen atoms in total. The van der Waals surface area contributed by atoms with Crippen LogP contribution in [0.5, 0.6) is 0 Å². The number of para-hydroxylation sites is 1. The smallest absolute Gasteiger partial charge is 0.338 e. The number of allylic oxidation sites excluding steroid dienone is 1. The van der Waals surface area contributed by atoms with E-state index in [1.165, 1.54) is 11.3 Å². The quantitative estimate of drug-likeness (QED) is 0.351. The van der Waals surface area contributed by atoms with E-state index in [2.05, 4.69) is 11.6 Å². The maximum absolute atomic E-state index is 12.8. The number of nitrogens with zero attached hydrogens (tertiary/aromatic N) is 2. The zero-order valence-electron chi connectivity index (χ0n) is 16.7. The standard InChI is InChI=1S/C23H18N2O5S/c1-3-11-25-17-10-9-14(22(28)29-4-2)12-19(17)31-23(25)24-21(27)16-13-30-18-8-6-5-7-15(18)20(16)26/h3,5-10,12-13H,1,4,11H2,2H3. The predicted molar refractivity (Wildman–Crippen MR) is 118 cm³/mol.